The lowest BCUT2D eigenvalue weighted by molar-refractivity contribution is -0.144. The Morgan fingerprint density at radius 2 is 2.25 bits per heavy atom. The van der Waals surface area contributed by atoms with Crippen molar-refractivity contribution in [3.05, 3.63) is 0 Å². The molecular weight excluding hydrogens is 158 g/mol. The van der Waals surface area contributed by atoms with E-state index >= 15 is 0 Å². The van der Waals surface area contributed by atoms with Gasteiger partial charge in [0.2, 0.25) is 6.41 Å². The van der Waals surface area contributed by atoms with E-state index in [0.717, 1.165) is 19.3 Å². The molecule has 1 N–H and O–H groups in total. The smallest absolute Gasteiger partial charge is 0.307 e. The second-order valence-electron chi connectivity index (χ2n) is 2.44. The SMILES string of the molecule is CCCCCC(=O)OCNC=O. The number of hydrogen-bond acceptors (Lipinski definition) is 3. The number of hydrogen-bond donors (Lipinski definition) is 1. The second-order valence-corrected chi connectivity index (χ2v) is 2.44. The highest BCUT2D eigenvalue weighted by molar-refractivity contribution is 5.69. The van der Waals surface area contributed by atoms with E-state index in [-0.39, 0.29) is 12.7 Å². The predicted octanol–water partition coefficient (Wildman–Crippen LogP) is 0.813. The van der Waals surface area contributed by atoms with Gasteiger partial charge in [-0.25, -0.2) is 0 Å². The Bertz CT molecular complexity index is 136. The van der Waals surface area contributed by atoms with Gasteiger partial charge in [-0.2, -0.15) is 0 Å². The number of carbonyl (C=O) groups excluding carboxylic acids is 2. The highest BCUT2D eigenvalue weighted by Crippen LogP contribution is 1.99. The molecule has 0 saturated heterocycles. The molecule has 0 aromatic carbocycles. The van der Waals surface area contributed by atoms with Crippen molar-refractivity contribution in [3.8, 4) is 0 Å². The van der Waals surface area contributed by atoms with E-state index < -0.39 is 0 Å². The average Bonchev–Trinajstić information content (AvgIpc) is 2.06. The second kappa shape index (κ2) is 8.04. The molecule has 12 heavy (non-hydrogen) atoms. The first kappa shape index (κ1) is 10.9. The quantitative estimate of drug-likeness (QED) is 0.268. The molecule has 0 fully saturated rings. The molecule has 0 spiro atoms. The number of esters is 1. The van der Waals surface area contributed by atoms with Gasteiger partial charge in [-0.15, -0.1) is 0 Å². The summed E-state index contributed by atoms with van der Waals surface area (Å²) < 4.78 is 4.65. The molecule has 0 aliphatic rings. The van der Waals surface area contributed by atoms with Gasteiger partial charge in [0, 0.05) is 6.42 Å². The number of unbranched alkanes of at least 4 members (excludes halogenated alkanes) is 2. The van der Waals surface area contributed by atoms with Gasteiger partial charge in [-0.05, 0) is 6.42 Å². The predicted molar refractivity (Wildman–Crippen MR) is 44.3 cm³/mol. The summed E-state index contributed by atoms with van der Waals surface area (Å²) in [5.74, 6) is -0.252. The molecule has 0 rings (SSSR count). The van der Waals surface area contributed by atoms with E-state index in [1.54, 1.807) is 0 Å². The van der Waals surface area contributed by atoms with Crippen molar-refractivity contribution in [2.45, 2.75) is 32.6 Å². The Balaban J connectivity index is 3.15. The van der Waals surface area contributed by atoms with E-state index in [0.29, 0.717) is 12.8 Å². The average molecular weight is 173 g/mol. The lowest BCUT2D eigenvalue weighted by Crippen LogP contribution is -2.18. The fourth-order valence-electron chi connectivity index (χ4n) is 0.748. The number of rotatable bonds is 7. The van der Waals surface area contributed by atoms with Gasteiger partial charge in [0.05, 0.1) is 0 Å². The van der Waals surface area contributed by atoms with Crippen LogP contribution in [-0.4, -0.2) is 19.1 Å². The van der Waals surface area contributed by atoms with Crippen LogP contribution in [0.3, 0.4) is 0 Å². The minimum Gasteiger partial charge on any atom is -0.444 e. The maximum Gasteiger partial charge on any atom is 0.307 e. The summed E-state index contributed by atoms with van der Waals surface area (Å²) in [6.45, 7) is 2.05. The summed E-state index contributed by atoms with van der Waals surface area (Å²) in [5, 5.41) is 2.25. The van der Waals surface area contributed by atoms with Crippen molar-refractivity contribution in [2.75, 3.05) is 6.73 Å². The van der Waals surface area contributed by atoms with Crippen molar-refractivity contribution in [3.63, 3.8) is 0 Å². The highest BCUT2D eigenvalue weighted by atomic mass is 16.5. The zero-order valence-corrected chi connectivity index (χ0v) is 7.34. The molecule has 0 aliphatic heterocycles. The monoisotopic (exact) mass is 173 g/mol. The molecule has 0 radical (unpaired) electrons. The minimum atomic E-state index is -0.252. The van der Waals surface area contributed by atoms with Crippen LogP contribution < -0.4 is 5.32 Å². The van der Waals surface area contributed by atoms with Crippen LogP contribution in [0.25, 0.3) is 0 Å². The fraction of sp³-hybridized carbons (Fsp3) is 0.750. The minimum absolute atomic E-state index is 0.0194. The van der Waals surface area contributed by atoms with Crippen LogP contribution in [0.2, 0.25) is 0 Å². The largest absolute Gasteiger partial charge is 0.444 e. The standard InChI is InChI=1S/C8H15NO3/c1-2-3-4-5-8(11)12-7-9-6-10/h6H,2-5,7H2,1H3,(H,9,10). The Kier molecular flexibility index (Phi) is 7.33. The van der Waals surface area contributed by atoms with Crippen LogP contribution in [0.4, 0.5) is 0 Å². The third-order valence-corrected chi connectivity index (χ3v) is 1.38. The Morgan fingerprint density at radius 3 is 2.83 bits per heavy atom. The number of nitrogens with one attached hydrogen (secondary N) is 1. The molecule has 0 atom stereocenters. The molecule has 0 saturated carbocycles. The zero-order chi connectivity index (χ0) is 9.23. The van der Waals surface area contributed by atoms with Gasteiger partial charge in [-0.3, -0.25) is 9.59 Å². The number of amides is 1. The van der Waals surface area contributed by atoms with E-state index in [2.05, 4.69) is 17.0 Å². The van der Waals surface area contributed by atoms with Crippen LogP contribution in [0.1, 0.15) is 32.6 Å². The van der Waals surface area contributed by atoms with Gasteiger partial charge in [-0.1, -0.05) is 19.8 Å². The lowest BCUT2D eigenvalue weighted by Gasteiger charge is -2.02. The summed E-state index contributed by atoms with van der Waals surface area (Å²) in [5.41, 5.74) is 0. The Hall–Kier alpha value is -1.06. The van der Waals surface area contributed by atoms with Crippen molar-refractivity contribution in [2.24, 2.45) is 0 Å². The summed E-state index contributed by atoms with van der Waals surface area (Å²) >= 11 is 0. The Morgan fingerprint density at radius 1 is 1.50 bits per heavy atom. The molecule has 4 heteroatoms. The van der Waals surface area contributed by atoms with Gasteiger partial charge in [0.15, 0.2) is 6.73 Å². The van der Waals surface area contributed by atoms with E-state index in [1.165, 1.54) is 0 Å². The zero-order valence-electron chi connectivity index (χ0n) is 7.34. The van der Waals surface area contributed by atoms with E-state index in [1.807, 2.05) is 0 Å². The molecule has 0 aliphatic carbocycles. The van der Waals surface area contributed by atoms with Crippen molar-refractivity contribution >= 4 is 12.4 Å². The molecule has 4 nitrogen and oxygen atoms in total. The molecule has 1 amide bonds. The van der Waals surface area contributed by atoms with Crippen LogP contribution in [-0.2, 0) is 14.3 Å². The van der Waals surface area contributed by atoms with Crippen molar-refractivity contribution in [1.29, 1.82) is 0 Å². The third-order valence-electron chi connectivity index (χ3n) is 1.38. The maximum absolute atomic E-state index is 10.8. The molecular formula is C8H15NO3. The van der Waals surface area contributed by atoms with E-state index in [4.69, 9.17) is 0 Å². The van der Waals surface area contributed by atoms with Gasteiger partial charge < -0.3 is 10.1 Å². The van der Waals surface area contributed by atoms with Gasteiger partial charge >= 0.3 is 5.97 Å². The van der Waals surface area contributed by atoms with E-state index in [9.17, 15) is 9.59 Å². The van der Waals surface area contributed by atoms with Gasteiger partial charge in [0.25, 0.3) is 0 Å². The summed E-state index contributed by atoms with van der Waals surface area (Å²) in [4.78, 5) is 20.6. The summed E-state index contributed by atoms with van der Waals surface area (Å²) in [7, 11) is 0. The van der Waals surface area contributed by atoms with Crippen LogP contribution >= 0.6 is 0 Å². The summed E-state index contributed by atoms with van der Waals surface area (Å²) in [6, 6.07) is 0. The lowest BCUT2D eigenvalue weighted by atomic mass is 10.2. The van der Waals surface area contributed by atoms with Crippen molar-refractivity contribution < 1.29 is 14.3 Å². The van der Waals surface area contributed by atoms with Gasteiger partial charge in [0.1, 0.15) is 0 Å². The fourth-order valence-corrected chi connectivity index (χ4v) is 0.748. The first-order valence-corrected chi connectivity index (χ1v) is 4.14. The van der Waals surface area contributed by atoms with Crippen LogP contribution in [0, 0.1) is 0 Å². The normalized spacial score (nSPS) is 9.08. The molecule has 0 heterocycles. The molecule has 70 valence electrons. The van der Waals surface area contributed by atoms with Crippen LogP contribution in [0.5, 0.6) is 0 Å². The Labute approximate surface area is 72.3 Å². The molecule has 0 unspecified atom stereocenters. The first-order valence-electron chi connectivity index (χ1n) is 4.14. The molecule has 0 aromatic heterocycles. The van der Waals surface area contributed by atoms with Crippen molar-refractivity contribution in [1.82, 2.24) is 5.32 Å². The van der Waals surface area contributed by atoms with Crippen LogP contribution in [0.15, 0.2) is 0 Å². The number of carbonyl (C=O) groups is 2. The molecule has 0 bridgehead atoms. The topological polar surface area (TPSA) is 55.4 Å². The first-order chi connectivity index (χ1) is 5.81. The highest BCUT2D eigenvalue weighted by Gasteiger charge is 2.00. The third kappa shape index (κ3) is 7.05. The number of ether oxygens (including phenoxy) is 1. The molecule has 0 aromatic rings. The maximum atomic E-state index is 10.8. The summed E-state index contributed by atoms with van der Waals surface area (Å²) in [6.07, 6.45) is 3.92.